The molecule has 1 N–H and O–H groups in total. The van der Waals surface area contributed by atoms with Crippen LogP contribution in [0.1, 0.15) is 15.9 Å². The van der Waals surface area contributed by atoms with Gasteiger partial charge in [0, 0.05) is 0 Å². The lowest BCUT2D eigenvalue weighted by Crippen LogP contribution is -2.34. The molecule has 1 amide bonds. The zero-order valence-corrected chi connectivity index (χ0v) is 14.2. The number of hydrogen-bond acceptors (Lipinski definition) is 5. The first-order valence-electron chi connectivity index (χ1n) is 7.20. The second kappa shape index (κ2) is 8.10. The van der Waals surface area contributed by atoms with Gasteiger partial charge in [0.2, 0.25) is 0 Å². The van der Waals surface area contributed by atoms with Crippen molar-refractivity contribution in [1.82, 2.24) is 0 Å². The molecule has 0 aliphatic carbocycles. The summed E-state index contributed by atoms with van der Waals surface area (Å²) in [5, 5.41) is 21.6. The summed E-state index contributed by atoms with van der Waals surface area (Å²) in [4.78, 5) is 22.6. The lowest BCUT2D eigenvalue weighted by molar-refractivity contribution is -0.383. The third-order valence-electron chi connectivity index (χ3n) is 3.30. The first-order chi connectivity index (χ1) is 13.1. The highest BCUT2D eigenvalue weighted by Crippen LogP contribution is 2.36. The Hall–Kier alpha value is -3.39. The van der Waals surface area contributed by atoms with Crippen LogP contribution in [-0.4, -0.2) is 23.4 Å². The van der Waals surface area contributed by atoms with Gasteiger partial charge in [0.05, 0.1) is 16.1 Å². The molecule has 0 spiro atoms. The van der Waals surface area contributed by atoms with Crippen molar-refractivity contribution in [2.45, 2.75) is 12.5 Å². The summed E-state index contributed by atoms with van der Waals surface area (Å²) in [7, 11) is 0. The predicted octanol–water partition coefficient (Wildman–Crippen LogP) is 4.61. The van der Waals surface area contributed by atoms with Gasteiger partial charge in [-0.1, -0.05) is 23.7 Å². The molecule has 0 saturated heterocycles. The second-order valence-corrected chi connectivity index (χ2v) is 5.48. The number of alkyl halides is 4. The van der Waals surface area contributed by atoms with E-state index >= 15 is 0 Å². The Morgan fingerprint density at radius 1 is 1.29 bits per heavy atom. The van der Waals surface area contributed by atoms with Gasteiger partial charge < -0.3 is 10.1 Å². The number of nitrogens with zero attached hydrogens (tertiary/aromatic N) is 2. The number of anilines is 1. The van der Waals surface area contributed by atoms with Crippen LogP contribution in [0.15, 0.2) is 36.4 Å². The van der Waals surface area contributed by atoms with E-state index in [9.17, 15) is 32.5 Å². The largest absolute Gasteiger partial charge is 0.461 e. The minimum Gasteiger partial charge on any atom is -0.427 e. The van der Waals surface area contributed by atoms with E-state index in [-0.39, 0.29) is 5.56 Å². The molecule has 7 nitrogen and oxygen atoms in total. The van der Waals surface area contributed by atoms with E-state index < -0.39 is 51.1 Å². The summed E-state index contributed by atoms with van der Waals surface area (Å²) < 4.78 is 55.0. The third-order valence-corrected chi connectivity index (χ3v) is 3.68. The van der Waals surface area contributed by atoms with Crippen molar-refractivity contribution < 1.29 is 32.0 Å². The zero-order valence-electron chi connectivity index (χ0n) is 13.5. The molecule has 0 bridgehead atoms. The number of para-hydroxylation sites is 1. The first-order valence-corrected chi connectivity index (χ1v) is 7.58. The van der Waals surface area contributed by atoms with Crippen LogP contribution in [0.5, 0.6) is 5.75 Å². The van der Waals surface area contributed by atoms with E-state index in [1.165, 1.54) is 6.07 Å². The van der Waals surface area contributed by atoms with Gasteiger partial charge >= 0.3 is 18.2 Å². The molecule has 2 aromatic carbocycles. The lowest BCUT2D eigenvalue weighted by atomic mass is 10.1. The van der Waals surface area contributed by atoms with Gasteiger partial charge in [0.15, 0.2) is 0 Å². The summed E-state index contributed by atoms with van der Waals surface area (Å²) in [5.41, 5.74) is -2.05. The Kier molecular flexibility index (Phi) is 6.05. The van der Waals surface area contributed by atoms with Gasteiger partial charge in [0.25, 0.3) is 5.91 Å². The smallest absolute Gasteiger partial charge is 0.427 e. The Morgan fingerprint density at radius 2 is 1.93 bits per heavy atom. The SMILES string of the molecule is N#Cc1ccc(NC(=O)c2ccccc2OC(F)(F)C(F)F)c([N+](=O)[O-])c1Cl. The molecule has 0 fully saturated rings. The number of ether oxygens (including phenoxy) is 1. The number of nitriles is 1. The van der Waals surface area contributed by atoms with Gasteiger partial charge in [-0.3, -0.25) is 14.9 Å². The highest BCUT2D eigenvalue weighted by molar-refractivity contribution is 6.34. The summed E-state index contributed by atoms with van der Waals surface area (Å²) in [6, 6.07) is 7.97. The van der Waals surface area contributed by atoms with Crippen molar-refractivity contribution in [3.8, 4) is 11.8 Å². The van der Waals surface area contributed by atoms with Crippen LogP contribution in [0.2, 0.25) is 5.02 Å². The third kappa shape index (κ3) is 4.29. The Morgan fingerprint density at radius 3 is 2.50 bits per heavy atom. The lowest BCUT2D eigenvalue weighted by Gasteiger charge is -2.18. The number of benzene rings is 2. The Labute approximate surface area is 159 Å². The van der Waals surface area contributed by atoms with Crippen molar-refractivity contribution in [2.75, 3.05) is 5.32 Å². The number of nitro benzene ring substituents is 1. The van der Waals surface area contributed by atoms with Crippen molar-refractivity contribution in [3.05, 3.63) is 62.7 Å². The molecule has 2 rings (SSSR count). The minimum atomic E-state index is -4.86. The van der Waals surface area contributed by atoms with Crippen molar-refractivity contribution >= 4 is 28.9 Å². The fourth-order valence-electron chi connectivity index (χ4n) is 2.05. The molecule has 0 atom stereocenters. The molecule has 0 saturated carbocycles. The highest BCUT2D eigenvalue weighted by atomic mass is 35.5. The maximum atomic E-state index is 13.2. The molecule has 146 valence electrons. The van der Waals surface area contributed by atoms with Gasteiger partial charge in [-0.15, -0.1) is 0 Å². The van der Waals surface area contributed by atoms with Gasteiger partial charge in [-0.2, -0.15) is 22.8 Å². The van der Waals surface area contributed by atoms with E-state index in [2.05, 4.69) is 10.1 Å². The number of halogens is 5. The van der Waals surface area contributed by atoms with Crippen LogP contribution in [-0.2, 0) is 0 Å². The molecule has 0 aliphatic rings. The first kappa shape index (κ1) is 20.9. The Bertz CT molecular complexity index is 979. The molecule has 0 aliphatic heterocycles. The fourth-order valence-corrected chi connectivity index (χ4v) is 2.33. The summed E-state index contributed by atoms with van der Waals surface area (Å²) in [6.45, 7) is 0. The molecule has 12 heteroatoms. The van der Waals surface area contributed by atoms with Crippen LogP contribution in [0.25, 0.3) is 0 Å². The average Bonchev–Trinajstić information content (AvgIpc) is 2.61. The monoisotopic (exact) mass is 417 g/mol. The quantitative estimate of drug-likeness (QED) is 0.420. The number of carbonyl (C=O) groups excluding carboxylic acids is 1. The number of amides is 1. The van der Waals surface area contributed by atoms with Crippen molar-refractivity contribution in [3.63, 3.8) is 0 Å². The number of carbonyl (C=O) groups is 1. The summed E-state index contributed by atoms with van der Waals surface area (Å²) in [5.74, 6) is -2.03. The molecule has 0 unspecified atom stereocenters. The zero-order chi connectivity index (χ0) is 21.1. The number of nitrogens with one attached hydrogen (secondary N) is 1. The predicted molar refractivity (Wildman–Crippen MR) is 88.8 cm³/mol. The molecule has 2 aromatic rings. The number of hydrogen-bond donors (Lipinski definition) is 1. The second-order valence-electron chi connectivity index (χ2n) is 5.11. The minimum absolute atomic E-state index is 0.230. The van der Waals surface area contributed by atoms with E-state index in [0.29, 0.717) is 0 Å². The highest BCUT2D eigenvalue weighted by Gasteiger charge is 2.44. The molecule has 28 heavy (non-hydrogen) atoms. The van der Waals surface area contributed by atoms with E-state index in [4.69, 9.17) is 16.9 Å². The number of rotatable bonds is 6. The number of nitro groups is 1. The summed E-state index contributed by atoms with van der Waals surface area (Å²) in [6.07, 6.45) is -9.01. The van der Waals surface area contributed by atoms with E-state index in [1.807, 2.05) is 0 Å². The van der Waals surface area contributed by atoms with Gasteiger partial charge in [-0.05, 0) is 24.3 Å². The average molecular weight is 418 g/mol. The fraction of sp³-hybridized carbons (Fsp3) is 0.125. The topological polar surface area (TPSA) is 105 Å². The van der Waals surface area contributed by atoms with Crippen LogP contribution in [0.3, 0.4) is 0 Å². The molecule has 0 heterocycles. The molecular formula is C16H8ClF4N3O4. The molecule has 0 radical (unpaired) electrons. The molecule has 0 aromatic heterocycles. The van der Waals surface area contributed by atoms with Gasteiger partial charge in [0.1, 0.15) is 22.5 Å². The Balaban J connectivity index is 2.41. The van der Waals surface area contributed by atoms with Gasteiger partial charge in [-0.25, -0.2) is 0 Å². The van der Waals surface area contributed by atoms with E-state index in [0.717, 1.165) is 30.3 Å². The maximum Gasteiger partial charge on any atom is 0.461 e. The van der Waals surface area contributed by atoms with Crippen LogP contribution in [0, 0.1) is 21.4 Å². The van der Waals surface area contributed by atoms with E-state index in [1.54, 1.807) is 6.07 Å². The summed E-state index contributed by atoms with van der Waals surface area (Å²) >= 11 is 5.77. The van der Waals surface area contributed by atoms with Crippen molar-refractivity contribution in [2.24, 2.45) is 0 Å². The van der Waals surface area contributed by atoms with Crippen LogP contribution < -0.4 is 10.1 Å². The van der Waals surface area contributed by atoms with Crippen LogP contribution >= 0.6 is 11.6 Å². The van der Waals surface area contributed by atoms with Crippen LogP contribution in [0.4, 0.5) is 28.9 Å². The maximum absolute atomic E-state index is 13.2. The molecular weight excluding hydrogens is 410 g/mol. The van der Waals surface area contributed by atoms with Crippen molar-refractivity contribution in [1.29, 1.82) is 5.26 Å². The standard InChI is InChI=1S/C16H8ClF4N3O4/c17-12-8(7-22)5-6-10(13(12)24(26)27)23-14(25)9-3-1-2-4-11(9)28-16(20,21)15(18)19/h1-6,15H,(H,23,25). The normalized spacial score (nSPS) is 11.0.